The summed E-state index contributed by atoms with van der Waals surface area (Å²) in [7, 11) is 0. The van der Waals surface area contributed by atoms with Crippen LogP contribution in [-0.4, -0.2) is 25.0 Å². The van der Waals surface area contributed by atoms with Gasteiger partial charge in [0.25, 0.3) is 5.91 Å². The summed E-state index contributed by atoms with van der Waals surface area (Å²) >= 11 is 7.44. The topological polar surface area (TPSA) is 88.4 Å². The van der Waals surface area contributed by atoms with Gasteiger partial charge in [-0.15, -0.1) is 11.3 Å². The van der Waals surface area contributed by atoms with Gasteiger partial charge in [0.05, 0.1) is 28.1 Å². The van der Waals surface area contributed by atoms with E-state index in [1.165, 1.54) is 23.5 Å². The molecule has 136 valence electrons. The number of hydrogen-bond acceptors (Lipinski definition) is 6. The fourth-order valence-electron chi connectivity index (χ4n) is 2.09. The number of hydrogen-bond donors (Lipinski definition) is 1. The Hall–Kier alpha value is -2.56. The molecule has 0 fully saturated rings. The highest BCUT2D eigenvalue weighted by Gasteiger charge is 2.16. The number of nitrogens with zero attached hydrogens (tertiary/aromatic N) is 1. The minimum absolute atomic E-state index is 0.0973. The molecule has 0 aliphatic rings. The van der Waals surface area contributed by atoms with Gasteiger partial charge in [-0.05, 0) is 30.9 Å². The molecular formula is C18H17ClN2O4S. The summed E-state index contributed by atoms with van der Waals surface area (Å²) in [6.45, 7) is 2.46. The first-order valence-electron chi connectivity index (χ1n) is 7.94. The maximum Gasteiger partial charge on any atom is 0.311 e. The van der Waals surface area contributed by atoms with Gasteiger partial charge in [-0.25, -0.2) is 0 Å². The van der Waals surface area contributed by atoms with Gasteiger partial charge in [0.2, 0.25) is 0 Å². The molecule has 1 N–H and O–H groups in total. The average molecular weight is 393 g/mol. The van der Waals surface area contributed by atoms with Gasteiger partial charge >= 0.3 is 5.97 Å². The first kappa shape index (κ1) is 19.8. The Morgan fingerprint density at radius 3 is 2.85 bits per heavy atom. The summed E-state index contributed by atoms with van der Waals surface area (Å²) in [5, 5.41) is 13.7. The van der Waals surface area contributed by atoms with Crippen LogP contribution < -0.4 is 14.8 Å². The average Bonchev–Trinajstić information content (AvgIpc) is 3.16. The number of esters is 1. The van der Waals surface area contributed by atoms with Crippen molar-refractivity contribution in [2.75, 3.05) is 13.2 Å². The highest BCUT2D eigenvalue weighted by molar-refractivity contribution is 7.12. The third-order valence-electron chi connectivity index (χ3n) is 3.24. The Morgan fingerprint density at radius 1 is 1.38 bits per heavy atom. The van der Waals surface area contributed by atoms with Crippen molar-refractivity contribution in [3.05, 3.63) is 45.1 Å². The van der Waals surface area contributed by atoms with Gasteiger partial charge in [0.15, 0.2) is 11.5 Å². The van der Waals surface area contributed by atoms with Crippen LogP contribution in [0.5, 0.6) is 11.5 Å². The number of ether oxygens (including phenoxy) is 2. The minimum atomic E-state index is -0.497. The summed E-state index contributed by atoms with van der Waals surface area (Å²) in [6.07, 6.45) is 0.528. The lowest BCUT2D eigenvalue weighted by Crippen LogP contribution is -2.24. The summed E-state index contributed by atoms with van der Waals surface area (Å²) in [4.78, 5) is 24.4. The summed E-state index contributed by atoms with van der Waals surface area (Å²) in [5.41, 5.74) is 0.314. The van der Waals surface area contributed by atoms with Crippen LogP contribution >= 0.6 is 22.9 Å². The summed E-state index contributed by atoms with van der Waals surface area (Å²) < 4.78 is 10.7. The van der Waals surface area contributed by atoms with Gasteiger partial charge in [-0.1, -0.05) is 17.7 Å². The molecule has 1 aromatic heterocycles. The summed E-state index contributed by atoms with van der Waals surface area (Å²) in [5.74, 6) is -0.318. The number of nitriles is 1. The molecule has 0 saturated carbocycles. The van der Waals surface area contributed by atoms with Crippen molar-refractivity contribution in [1.29, 1.82) is 5.26 Å². The second kappa shape index (κ2) is 9.80. The zero-order valence-electron chi connectivity index (χ0n) is 14.1. The number of amides is 1. The normalized spacial score (nSPS) is 10.0. The molecule has 0 bridgehead atoms. The van der Waals surface area contributed by atoms with Crippen LogP contribution in [0.4, 0.5) is 0 Å². The van der Waals surface area contributed by atoms with E-state index in [0.29, 0.717) is 30.0 Å². The van der Waals surface area contributed by atoms with Crippen LogP contribution in [0, 0.1) is 11.3 Å². The Morgan fingerprint density at radius 2 is 2.19 bits per heavy atom. The lowest BCUT2D eigenvalue weighted by atomic mass is 10.2. The number of carbonyl (C=O) groups is 2. The van der Waals surface area contributed by atoms with E-state index in [-0.39, 0.29) is 28.8 Å². The van der Waals surface area contributed by atoms with Crippen LogP contribution in [0.25, 0.3) is 0 Å². The molecular weight excluding hydrogens is 376 g/mol. The molecule has 1 aromatic carbocycles. The van der Waals surface area contributed by atoms with E-state index >= 15 is 0 Å². The van der Waals surface area contributed by atoms with E-state index in [1.54, 1.807) is 19.1 Å². The number of nitrogens with one attached hydrogen (secondary N) is 1. The van der Waals surface area contributed by atoms with Crippen LogP contribution in [0.15, 0.2) is 29.6 Å². The zero-order chi connectivity index (χ0) is 18.9. The van der Waals surface area contributed by atoms with Gasteiger partial charge in [-0.3, -0.25) is 9.59 Å². The quantitative estimate of drug-likeness (QED) is 0.419. The molecule has 8 heteroatoms. The van der Waals surface area contributed by atoms with Crippen LogP contribution in [0.1, 0.15) is 35.0 Å². The molecule has 6 nitrogen and oxygen atoms in total. The van der Waals surface area contributed by atoms with E-state index in [1.807, 2.05) is 11.4 Å². The van der Waals surface area contributed by atoms with Crippen molar-refractivity contribution >= 4 is 34.8 Å². The predicted molar refractivity (Wildman–Crippen MR) is 98.9 cm³/mol. The maximum atomic E-state index is 12.0. The van der Waals surface area contributed by atoms with Gasteiger partial charge < -0.3 is 14.8 Å². The molecule has 1 amide bonds. The molecule has 0 saturated heterocycles. The van der Waals surface area contributed by atoms with Gasteiger partial charge in [-0.2, -0.15) is 5.26 Å². The van der Waals surface area contributed by atoms with E-state index in [0.717, 1.165) is 0 Å². The van der Waals surface area contributed by atoms with Crippen molar-refractivity contribution in [2.45, 2.75) is 19.8 Å². The molecule has 0 spiro atoms. The number of thiophene rings is 1. The maximum absolute atomic E-state index is 12.0. The number of benzene rings is 1. The zero-order valence-corrected chi connectivity index (χ0v) is 15.7. The highest BCUT2D eigenvalue weighted by atomic mass is 35.5. The molecule has 0 atom stereocenters. The highest BCUT2D eigenvalue weighted by Crippen LogP contribution is 2.36. The largest absolute Gasteiger partial charge is 0.490 e. The molecule has 2 rings (SSSR count). The van der Waals surface area contributed by atoms with E-state index in [2.05, 4.69) is 5.32 Å². The molecule has 2 aromatic rings. The number of carbonyl (C=O) groups excluding carboxylic acids is 2. The van der Waals surface area contributed by atoms with Gasteiger partial charge in [0, 0.05) is 19.0 Å². The Kier molecular flexibility index (Phi) is 7.45. The first-order chi connectivity index (χ1) is 12.5. The van der Waals surface area contributed by atoms with Crippen molar-refractivity contribution < 1.29 is 19.1 Å². The van der Waals surface area contributed by atoms with Crippen LogP contribution in [0.3, 0.4) is 0 Å². The smallest absolute Gasteiger partial charge is 0.311 e. The van der Waals surface area contributed by atoms with Crippen molar-refractivity contribution in [2.24, 2.45) is 0 Å². The standard InChI is InChI=1S/C18H17ClN2O4S/c1-2-24-14-10-12(11-20)9-13(19)17(14)25-16(22)6-3-7-21-18(23)15-5-4-8-26-15/h4-5,8-10H,2-3,6-7H2,1H3,(H,21,23). The fourth-order valence-corrected chi connectivity index (χ4v) is 2.98. The van der Waals surface area contributed by atoms with Crippen LogP contribution in [-0.2, 0) is 4.79 Å². The lowest BCUT2D eigenvalue weighted by Gasteiger charge is -2.12. The monoisotopic (exact) mass is 392 g/mol. The van der Waals surface area contributed by atoms with Crippen molar-refractivity contribution in [1.82, 2.24) is 5.32 Å². The molecule has 0 radical (unpaired) electrons. The Bertz CT molecular complexity index is 815. The van der Waals surface area contributed by atoms with Crippen LogP contribution in [0.2, 0.25) is 5.02 Å². The number of halogens is 1. The molecule has 26 heavy (non-hydrogen) atoms. The molecule has 0 aliphatic carbocycles. The predicted octanol–water partition coefficient (Wildman–Crippen LogP) is 3.79. The second-order valence-corrected chi connectivity index (χ2v) is 6.50. The third-order valence-corrected chi connectivity index (χ3v) is 4.39. The third kappa shape index (κ3) is 5.48. The van der Waals surface area contributed by atoms with Crippen molar-refractivity contribution in [3.8, 4) is 17.6 Å². The SMILES string of the molecule is CCOc1cc(C#N)cc(Cl)c1OC(=O)CCCNC(=O)c1cccs1. The Labute approximate surface area is 160 Å². The number of rotatable bonds is 8. The second-order valence-electron chi connectivity index (χ2n) is 5.14. The van der Waals surface area contributed by atoms with E-state index < -0.39 is 5.97 Å². The Balaban J connectivity index is 1.87. The summed E-state index contributed by atoms with van der Waals surface area (Å²) in [6, 6.07) is 8.38. The van der Waals surface area contributed by atoms with E-state index in [4.69, 9.17) is 26.3 Å². The minimum Gasteiger partial charge on any atom is -0.490 e. The molecule has 0 aliphatic heterocycles. The molecule has 0 unspecified atom stereocenters. The molecule has 1 heterocycles. The van der Waals surface area contributed by atoms with Crippen molar-refractivity contribution in [3.63, 3.8) is 0 Å². The van der Waals surface area contributed by atoms with E-state index in [9.17, 15) is 9.59 Å². The fraction of sp³-hybridized carbons (Fsp3) is 0.278. The first-order valence-corrected chi connectivity index (χ1v) is 9.19. The van der Waals surface area contributed by atoms with Gasteiger partial charge in [0.1, 0.15) is 0 Å². The lowest BCUT2D eigenvalue weighted by molar-refractivity contribution is -0.134.